The lowest BCUT2D eigenvalue weighted by Crippen LogP contribution is -2.45. The van der Waals surface area contributed by atoms with E-state index in [0.717, 1.165) is 50.3 Å². The number of nitrogens with zero attached hydrogens (tertiary/aromatic N) is 1. The van der Waals surface area contributed by atoms with Crippen molar-refractivity contribution in [1.29, 1.82) is 0 Å². The number of hydrogen-bond donors (Lipinski definition) is 1. The number of nitrogens with one attached hydrogen (secondary N) is 1. The summed E-state index contributed by atoms with van der Waals surface area (Å²) in [6, 6.07) is 6.40. The lowest BCUT2D eigenvalue weighted by atomic mass is 9.89. The van der Waals surface area contributed by atoms with Gasteiger partial charge in [0.15, 0.2) is 5.78 Å². The van der Waals surface area contributed by atoms with Crippen LogP contribution < -0.4 is 5.32 Å². The van der Waals surface area contributed by atoms with Crippen LogP contribution in [0.15, 0.2) is 18.2 Å². The Morgan fingerprint density at radius 2 is 1.62 bits per heavy atom. The van der Waals surface area contributed by atoms with Crippen molar-refractivity contribution in [3.63, 3.8) is 0 Å². The predicted molar refractivity (Wildman–Crippen MR) is 116 cm³/mol. The fourth-order valence-electron chi connectivity index (χ4n) is 5.40. The van der Waals surface area contributed by atoms with Crippen LogP contribution in [0.1, 0.15) is 85.7 Å². The van der Waals surface area contributed by atoms with Crippen molar-refractivity contribution < 1.29 is 9.59 Å². The average molecular weight is 397 g/mol. The molecule has 1 saturated heterocycles. The number of ketones is 1. The number of amides is 1. The molecule has 0 unspecified atom stereocenters. The van der Waals surface area contributed by atoms with E-state index >= 15 is 0 Å². The van der Waals surface area contributed by atoms with E-state index in [2.05, 4.69) is 22.3 Å². The molecule has 158 valence electrons. The second-order valence-electron chi connectivity index (χ2n) is 9.41. The molecule has 1 aromatic rings. The van der Waals surface area contributed by atoms with E-state index in [4.69, 9.17) is 0 Å². The molecule has 0 aromatic heterocycles. The maximum atomic E-state index is 12.5. The number of Topliss-reactive ketones (excluding diaryl/α,β-unsaturated/α-hetero) is 1. The van der Waals surface area contributed by atoms with Crippen LogP contribution in [0.2, 0.25) is 0 Å². The number of carbonyl (C=O) groups is 2. The molecule has 2 aliphatic carbocycles. The van der Waals surface area contributed by atoms with Gasteiger partial charge in [0.05, 0.1) is 0 Å². The van der Waals surface area contributed by atoms with E-state index in [1.54, 1.807) is 0 Å². The molecule has 29 heavy (non-hydrogen) atoms. The molecule has 0 bridgehead atoms. The Kier molecular flexibility index (Phi) is 7.02. The zero-order valence-electron chi connectivity index (χ0n) is 17.8. The summed E-state index contributed by atoms with van der Waals surface area (Å²) < 4.78 is 0. The van der Waals surface area contributed by atoms with E-state index < -0.39 is 0 Å². The number of aryl methyl sites for hydroxylation is 2. The number of carbonyl (C=O) groups excluding carboxylic acids is 2. The Morgan fingerprint density at radius 3 is 2.38 bits per heavy atom. The van der Waals surface area contributed by atoms with Gasteiger partial charge in [-0.15, -0.1) is 0 Å². The largest absolute Gasteiger partial charge is 0.353 e. The molecule has 4 heteroatoms. The monoisotopic (exact) mass is 396 g/mol. The summed E-state index contributed by atoms with van der Waals surface area (Å²) in [7, 11) is 0. The highest BCUT2D eigenvalue weighted by molar-refractivity contribution is 5.98. The van der Waals surface area contributed by atoms with E-state index in [1.807, 2.05) is 6.07 Å². The van der Waals surface area contributed by atoms with E-state index in [1.165, 1.54) is 56.2 Å². The highest BCUT2D eigenvalue weighted by Gasteiger charge is 2.24. The maximum absolute atomic E-state index is 12.5. The quantitative estimate of drug-likeness (QED) is 0.699. The Labute approximate surface area is 175 Å². The molecule has 1 heterocycles. The molecule has 1 saturated carbocycles. The average Bonchev–Trinajstić information content (AvgIpc) is 3.26. The molecule has 1 amide bonds. The van der Waals surface area contributed by atoms with Crippen molar-refractivity contribution in [3.8, 4) is 0 Å². The first-order chi connectivity index (χ1) is 14.2. The molecule has 4 nitrogen and oxygen atoms in total. The third kappa shape index (κ3) is 5.69. The molecule has 0 radical (unpaired) electrons. The van der Waals surface area contributed by atoms with Crippen LogP contribution in [0.4, 0.5) is 0 Å². The van der Waals surface area contributed by atoms with Gasteiger partial charge in [-0.2, -0.15) is 0 Å². The summed E-state index contributed by atoms with van der Waals surface area (Å²) in [6.07, 6.45) is 13.0. The molecule has 3 aliphatic rings. The second-order valence-corrected chi connectivity index (χ2v) is 9.41. The van der Waals surface area contributed by atoms with Crippen molar-refractivity contribution in [1.82, 2.24) is 10.2 Å². The molecule has 0 spiro atoms. The van der Waals surface area contributed by atoms with Gasteiger partial charge in [-0.25, -0.2) is 0 Å². The van der Waals surface area contributed by atoms with Gasteiger partial charge in [0.2, 0.25) is 5.91 Å². The first kappa shape index (κ1) is 20.6. The normalized spacial score (nSPS) is 21.1. The summed E-state index contributed by atoms with van der Waals surface area (Å²) in [5.41, 5.74) is 3.50. The minimum atomic E-state index is 0.0329. The SMILES string of the molecule is O=C(CCC(=O)c1ccc2c(c1)CCCC2)NC1CCN(CC2CCCC2)CC1. The number of benzene rings is 1. The molecule has 1 aliphatic heterocycles. The van der Waals surface area contributed by atoms with Crippen LogP contribution >= 0.6 is 0 Å². The summed E-state index contributed by atoms with van der Waals surface area (Å²) in [4.78, 5) is 27.5. The van der Waals surface area contributed by atoms with Gasteiger partial charge in [-0.1, -0.05) is 25.0 Å². The van der Waals surface area contributed by atoms with Crippen LogP contribution in [0.3, 0.4) is 0 Å². The van der Waals surface area contributed by atoms with E-state index in [9.17, 15) is 9.59 Å². The van der Waals surface area contributed by atoms with Crippen LogP contribution in [-0.2, 0) is 17.6 Å². The number of likely N-dealkylation sites (tertiary alicyclic amines) is 1. The maximum Gasteiger partial charge on any atom is 0.220 e. The third-order valence-corrected chi connectivity index (χ3v) is 7.19. The fraction of sp³-hybridized carbons (Fsp3) is 0.680. The highest BCUT2D eigenvalue weighted by atomic mass is 16.2. The standard InChI is InChI=1S/C25H36N2O2/c28-24(22-10-9-20-7-3-4-8-21(20)17-22)11-12-25(29)26-23-13-15-27(16-14-23)18-19-5-1-2-6-19/h9-10,17,19,23H,1-8,11-16,18H2,(H,26,29). The molecular weight excluding hydrogens is 360 g/mol. The highest BCUT2D eigenvalue weighted by Crippen LogP contribution is 2.26. The summed E-state index contributed by atoms with van der Waals surface area (Å²) in [6.45, 7) is 3.43. The predicted octanol–water partition coefficient (Wildman–Crippen LogP) is 4.30. The van der Waals surface area contributed by atoms with Gasteiger partial charge in [0.25, 0.3) is 0 Å². The second kappa shape index (κ2) is 9.88. The van der Waals surface area contributed by atoms with Gasteiger partial charge < -0.3 is 10.2 Å². The number of piperidine rings is 1. The lowest BCUT2D eigenvalue weighted by molar-refractivity contribution is -0.122. The zero-order chi connectivity index (χ0) is 20.1. The Morgan fingerprint density at radius 1 is 0.897 bits per heavy atom. The van der Waals surface area contributed by atoms with Gasteiger partial charge >= 0.3 is 0 Å². The van der Waals surface area contributed by atoms with Gasteiger partial charge in [0, 0.05) is 44.1 Å². The minimum absolute atomic E-state index is 0.0329. The van der Waals surface area contributed by atoms with Gasteiger partial charge in [0.1, 0.15) is 0 Å². The van der Waals surface area contributed by atoms with Crippen LogP contribution in [0.25, 0.3) is 0 Å². The van der Waals surface area contributed by atoms with Gasteiger partial charge in [-0.3, -0.25) is 9.59 Å². The third-order valence-electron chi connectivity index (χ3n) is 7.19. The van der Waals surface area contributed by atoms with Crippen molar-refractivity contribution in [3.05, 3.63) is 34.9 Å². The summed E-state index contributed by atoms with van der Waals surface area (Å²) in [5.74, 6) is 1.03. The van der Waals surface area contributed by atoms with Crippen molar-refractivity contribution in [2.45, 2.75) is 83.1 Å². The summed E-state index contributed by atoms with van der Waals surface area (Å²) >= 11 is 0. The Bertz CT molecular complexity index is 716. The minimum Gasteiger partial charge on any atom is -0.353 e. The van der Waals surface area contributed by atoms with Crippen LogP contribution in [0.5, 0.6) is 0 Å². The number of fused-ring (bicyclic) bond motifs is 1. The van der Waals surface area contributed by atoms with Crippen molar-refractivity contribution >= 4 is 11.7 Å². The molecule has 1 aromatic carbocycles. The summed E-state index contributed by atoms with van der Waals surface area (Å²) in [5, 5.41) is 3.17. The lowest BCUT2D eigenvalue weighted by Gasteiger charge is -2.33. The van der Waals surface area contributed by atoms with Crippen molar-refractivity contribution in [2.75, 3.05) is 19.6 Å². The Hall–Kier alpha value is -1.68. The first-order valence-electron chi connectivity index (χ1n) is 11.8. The van der Waals surface area contributed by atoms with E-state index in [-0.39, 0.29) is 17.7 Å². The Balaban J connectivity index is 1.17. The smallest absolute Gasteiger partial charge is 0.220 e. The first-order valence-corrected chi connectivity index (χ1v) is 11.8. The molecule has 0 atom stereocenters. The van der Waals surface area contributed by atoms with Crippen LogP contribution in [-0.4, -0.2) is 42.3 Å². The van der Waals surface area contributed by atoms with Gasteiger partial charge in [-0.05, 0) is 74.5 Å². The molecule has 2 fully saturated rings. The zero-order valence-corrected chi connectivity index (χ0v) is 17.8. The number of rotatable bonds is 7. The topological polar surface area (TPSA) is 49.4 Å². The molecular formula is C25H36N2O2. The van der Waals surface area contributed by atoms with Crippen LogP contribution in [0, 0.1) is 5.92 Å². The van der Waals surface area contributed by atoms with E-state index in [0.29, 0.717) is 12.8 Å². The molecule has 4 rings (SSSR count). The fourth-order valence-corrected chi connectivity index (χ4v) is 5.40. The molecule has 1 N–H and O–H groups in total. The number of hydrogen-bond acceptors (Lipinski definition) is 3. The van der Waals surface area contributed by atoms with Crippen molar-refractivity contribution in [2.24, 2.45) is 5.92 Å².